The topological polar surface area (TPSA) is 54.2 Å². The second kappa shape index (κ2) is 8.30. The van der Waals surface area contributed by atoms with Gasteiger partial charge >= 0.3 is 0 Å². The van der Waals surface area contributed by atoms with E-state index in [-0.39, 0.29) is 24.0 Å². The van der Waals surface area contributed by atoms with E-state index in [2.05, 4.69) is 48.8 Å². The second-order valence-electron chi connectivity index (χ2n) is 4.93. The summed E-state index contributed by atoms with van der Waals surface area (Å²) in [6.45, 7) is 1.41. The Morgan fingerprint density at radius 1 is 1.17 bits per heavy atom. The van der Waals surface area contributed by atoms with Crippen LogP contribution in [0.4, 0.5) is 0 Å². The largest absolute Gasteiger partial charge is 0.352 e. The average Bonchev–Trinajstić information content (AvgIpc) is 3.17. The van der Waals surface area contributed by atoms with Crippen molar-refractivity contribution in [1.29, 1.82) is 0 Å². The molecule has 0 saturated carbocycles. The number of para-hydroxylation sites is 2. The molecule has 0 atom stereocenters. The van der Waals surface area contributed by atoms with Crippen LogP contribution in [0.2, 0.25) is 0 Å². The van der Waals surface area contributed by atoms with Gasteiger partial charge in [0.15, 0.2) is 5.96 Å². The van der Waals surface area contributed by atoms with Crippen molar-refractivity contribution in [2.24, 2.45) is 12.0 Å². The highest BCUT2D eigenvalue weighted by molar-refractivity contribution is 14.0. The number of aromatic nitrogens is 2. The van der Waals surface area contributed by atoms with Crippen molar-refractivity contribution < 1.29 is 0 Å². The number of nitrogens with one attached hydrogen (secondary N) is 2. The number of guanidine groups is 1. The summed E-state index contributed by atoms with van der Waals surface area (Å²) in [5.74, 6) is 1.76. The number of hydrogen-bond acceptors (Lipinski definition) is 3. The molecule has 0 aliphatic heterocycles. The number of benzene rings is 1. The summed E-state index contributed by atoms with van der Waals surface area (Å²) in [5.41, 5.74) is 2.16. The lowest BCUT2D eigenvalue weighted by Crippen LogP contribution is -2.36. The van der Waals surface area contributed by atoms with Gasteiger partial charge in [0.2, 0.25) is 0 Å². The second-order valence-corrected chi connectivity index (χ2v) is 5.97. The number of aliphatic imine (C=N–C) groups is 1. The summed E-state index contributed by atoms with van der Waals surface area (Å²) < 4.78 is 2.11. The number of halogens is 1. The average molecular weight is 441 g/mol. The number of fused-ring (bicyclic) bond motifs is 1. The number of imidazole rings is 1. The molecule has 0 spiro atoms. The molecule has 1 aromatic carbocycles. The predicted molar refractivity (Wildman–Crippen MR) is 107 cm³/mol. The fraction of sp³-hybridized carbons (Fsp3) is 0.250. The molecule has 2 heterocycles. The molecule has 0 aliphatic carbocycles. The molecular formula is C16H20IN5S. The van der Waals surface area contributed by atoms with Gasteiger partial charge in [-0.1, -0.05) is 18.2 Å². The van der Waals surface area contributed by atoms with Crippen molar-refractivity contribution in [3.05, 3.63) is 52.5 Å². The molecule has 0 saturated heterocycles. The third-order valence-corrected chi connectivity index (χ3v) is 4.40. The van der Waals surface area contributed by atoms with Crippen molar-refractivity contribution in [2.45, 2.75) is 13.1 Å². The molecule has 0 amide bonds. The van der Waals surface area contributed by atoms with Crippen molar-refractivity contribution >= 4 is 52.3 Å². The van der Waals surface area contributed by atoms with Crippen LogP contribution in [0.25, 0.3) is 11.0 Å². The Labute approximate surface area is 156 Å². The van der Waals surface area contributed by atoms with Crippen LogP contribution in [0.5, 0.6) is 0 Å². The summed E-state index contributed by atoms with van der Waals surface area (Å²) >= 11 is 1.73. The van der Waals surface area contributed by atoms with E-state index in [1.165, 1.54) is 4.88 Å². The van der Waals surface area contributed by atoms with Gasteiger partial charge in [0.05, 0.1) is 24.1 Å². The van der Waals surface area contributed by atoms with Gasteiger partial charge in [-0.2, -0.15) is 0 Å². The monoisotopic (exact) mass is 441 g/mol. The summed E-state index contributed by atoms with van der Waals surface area (Å²) in [7, 11) is 3.81. The third kappa shape index (κ3) is 4.23. The van der Waals surface area contributed by atoms with Crippen LogP contribution < -0.4 is 10.6 Å². The van der Waals surface area contributed by atoms with Crippen molar-refractivity contribution in [2.75, 3.05) is 7.05 Å². The Morgan fingerprint density at radius 2 is 1.96 bits per heavy atom. The minimum absolute atomic E-state index is 0. The summed E-state index contributed by atoms with van der Waals surface area (Å²) in [6, 6.07) is 12.3. The predicted octanol–water partition coefficient (Wildman–Crippen LogP) is 3.12. The molecule has 0 unspecified atom stereocenters. The highest BCUT2D eigenvalue weighted by atomic mass is 127. The Morgan fingerprint density at radius 3 is 2.65 bits per heavy atom. The molecule has 0 fully saturated rings. The van der Waals surface area contributed by atoms with Crippen LogP contribution in [-0.4, -0.2) is 22.6 Å². The van der Waals surface area contributed by atoms with E-state index in [1.54, 1.807) is 18.4 Å². The van der Waals surface area contributed by atoms with E-state index in [0.29, 0.717) is 6.54 Å². The summed E-state index contributed by atoms with van der Waals surface area (Å²) in [4.78, 5) is 10.2. The molecule has 5 nitrogen and oxygen atoms in total. The lowest BCUT2D eigenvalue weighted by Gasteiger charge is -2.11. The number of hydrogen-bond donors (Lipinski definition) is 2. The van der Waals surface area contributed by atoms with Crippen LogP contribution in [0.3, 0.4) is 0 Å². The third-order valence-electron chi connectivity index (χ3n) is 3.53. The zero-order chi connectivity index (χ0) is 15.4. The molecule has 122 valence electrons. The molecule has 23 heavy (non-hydrogen) atoms. The van der Waals surface area contributed by atoms with Gasteiger partial charge in [-0.25, -0.2) is 4.98 Å². The van der Waals surface area contributed by atoms with Crippen molar-refractivity contribution in [1.82, 2.24) is 20.2 Å². The standard InChI is InChI=1S/C16H19N5S.HI/c1-17-16(18-10-12-6-5-9-22-12)19-11-15-20-13-7-3-4-8-14(13)21(15)2;/h3-9H,10-11H2,1-2H3,(H2,17,18,19);1H. The first kappa shape index (κ1) is 17.7. The summed E-state index contributed by atoms with van der Waals surface area (Å²) in [6.07, 6.45) is 0. The smallest absolute Gasteiger partial charge is 0.191 e. The van der Waals surface area contributed by atoms with Crippen molar-refractivity contribution in [3.8, 4) is 0 Å². The Bertz CT molecular complexity index is 779. The molecule has 2 aromatic heterocycles. The highest BCUT2D eigenvalue weighted by Crippen LogP contribution is 2.13. The SMILES string of the molecule is CN=C(NCc1cccs1)NCc1nc2ccccc2n1C.I. The van der Waals surface area contributed by atoms with Gasteiger partial charge in [-0.3, -0.25) is 4.99 Å². The number of nitrogens with zero attached hydrogens (tertiary/aromatic N) is 3. The maximum atomic E-state index is 4.65. The molecule has 0 bridgehead atoms. The quantitative estimate of drug-likeness (QED) is 0.372. The molecule has 2 N–H and O–H groups in total. The molecular weight excluding hydrogens is 421 g/mol. The molecule has 0 aliphatic rings. The van der Waals surface area contributed by atoms with E-state index in [0.717, 1.165) is 29.4 Å². The van der Waals surface area contributed by atoms with Gasteiger partial charge in [-0.05, 0) is 23.6 Å². The first-order valence-electron chi connectivity index (χ1n) is 7.15. The lowest BCUT2D eigenvalue weighted by molar-refractivity contribution is 0.738. The van der Waals surface area contributed by atoms with Gasteiger partial charge in [0, 0.05) is 19.0 Å². The molecule has 3 aromatic rings. The van der Waals surface area contributed by atoms with Crippen molar-refractivity contribution in [3.63, 3.8) is 0 Å². The van der Waals surface area contributed by atoms with Crippen LogP contribution >= 0.6 is 35.3 Å². The minimum atomic E-state index is 0. The van der Waals surface area contributed by atoms with Gasteiger partial charge in [0.25, 0.3) is 0 Å². The van der Waals surface area contributed by atoms with E-state index in [4.69, 9.17) is 0 Å². The van der Waals surface area contributed by atoms with Crippen LogP contribution in [0.15, 0.2) is 46.8 Å². The van der Waals surface area contributed by atoms with E-state index in [1.807, 2.05) is 25.2 Å². The summed E-state index contributed by atoms with van der Waals surface area (Å²) in [5, 5.41) is 8.69. The lowest BCUT2D eigenvalue weighted by atomic mass is 10.3. The Hall–Kier alpha value is -1.61. The number of rotatable bonds is 4. The fourth-order valence-electron chi connectivity index (χ4n) is 2.32. The maximum Gasteiger partial charge on any atom is 0.191 e. The van der Waals surface area contributed by atoms with E-state index >= 15 is 0 Å². The highest BCUT2D eigenvalue weighted by Gasteiger charge is 2.07. The molecule has 3 rings (SSSR count). The molecule has 0 radical (unpaired) electrons. The Balaban J connectivity index is 0.00000192. The van der Waals surface area contributed by atoms with Crippen LogP contribution in [0, 0.1) is 0 Å². The number of thiophene rings is 1. The van der Waals surface area contributed by atoms with E-state index < -0.39 is 0 Å². The van der Waals surface area contributed by atoms with E-state index in [9.17, 15) is 0 Å². The minimum Gasteiger partial charge on any atom is -0.352 e. The fourth-order valence-corrected chi connectivity index (χ4v) is 2.97. The van der Waals surface area contributed by atoms with Gasteiger partial charge in [-0.15, -0.1) is 35.3 Å². The first-order valence-corrected chi connectivity index (χ1v) is 8.03. The maximum absolute atomic E-state index is 4.65. The first-order chi connectivity index (χ1) is 10.8. The normalized spacial score (nSPS) is 11.3. The zero-order valence-corrected chi connectivity index (χ0v) is 16.3. The van der Waals surface area contributed by atoms with Gasteiger partial charge in [0.1, 0.15) is 5.82 Å². The Kier molecular flexibility index (Phi) is 6.40. The number of aryl methyl sites for hydroxylation is 1. The van der Waals surface area contributed by atoms with Crippen LogP contribution in [0.1, 0.15) is 10.7 Å². The van der Waals surface area contributed by atoms with Crippen LogP contribution in [-0.2, 0) is 20.1 Å². The zero-order valence-electron chi connectivity index (χ0n) is 13.1. The van der Waals surface area contributed by atoms with Gasteiger partial charge < -0.3 is 15.2 Å². The molecule has 7 heteroatoms.